The summed E-state index contributed by atoms with van der Waals surface area (Å²) in [4.78, 5) is 39.9. The summed E-state index contributed by atoms with van der Waals surface area (Å²) in [5.74, 6) is -0.725. The number of rotatable bonds is 4. The van der Waals surface area contributed by atoms with E-state index in [0.29, 0.717) is 34.9 Å². The monoisotopic (exact) mass is 426 g/mol. The van der Waals surface area contributed by atoms with Gasteiger partial charge in [-0.2, -0.15) is 0 Å². The number of hydrogen-bond donors (Lipinski definition) is 0. The molecule has 0 N–H and O–H groups in total. The first kappa shape index (κ1) is 20.0. The number of fused-ring (bicyclic) bond motifs is 3. The molecular weight excluding hydrogens is 404 g/mol. The van der Waals surface area contributed by atoms with Crippen molar-refractivity contribution in [1.82, 2.24) is 9.47 Å². The molecule has 6 nitrogen and oxygen atoms in total. The maximum Gasteiger partial charge on any atom is 0.326 e. The van der Waals surface area contributed by atoms with Crippen molar-refractivity contribution in [1.29, 1.82) is 0 Å². The number of amides is 1. The molecule has 160 valence electrons. The van der Waals surface area contributed by atoms with E-state index in [2.05, 4.69) is 6.07 Å². The van der Waals surface area contributed by atoms with Gasteiger partial charge >= 0.3 is 5.97 Å². The summed E-state index contributed by atoms with van der Waals surface area (Å²) < 4.78 is 7.12. The Kier molecular flexibility index (Phi) is 5.19. The molecule has 3 aromatic carbocycles. The first-order chi connectivity index (χ1) is 15.6. The maximum atomic E-state index is 12.8. The van der Waals surface area contributed by atoms with Crippen LogP contribution in [0.3, 0.4) is 0 Å². The molecule has 0 atom stereocenters. The van der Waals surface area contributed by atoms with Crippen LogP contribution in [0.4, 0.5) is 0 Å². The van der Waals surface area contributed by atoms with Gasteiger partial charge in [-0.25, -0.2) is 0 Å². The third-order valence-electron chi connectivity index (χ3n) is 6.01. The zero-order valence-corrected chi connectivity index (χ0v) is 17.5. The van der Waals surface area contributed by atoms with E-state index in [4.69, 9.17) is 4.74 Å². The fraction of sp³-hybridized carbons (Fsp3) is 0.192. The van der Waals surface area contributed by atoms with Crippen LogP contribution in [0.25, 0.3) is 21.8 Å². The van der Waals surface area contributed by atoms with Crippen molar-refractivity contribution in [3.05, 3.63) is 94.1 Å². The first-order valence-electron chi connectivity index (χ1n) is 10.6. The largest absolute Gasteiger partial charge is 0.454 e. The Morgan fingerprint density at radius 2 is 1.41 bits per heavy atom. The molecule has 0 aliphatic carbocycles. The molecule has 0 spiro atoms. The molecule has 0 bridgehead atoms. The summed E-state index contributed by atoms with van der Waals surface area (Å²) in [7, 11) is 0. The molecule has 0 saturated carbocycles. The summed E-state index contributed by atoms with van der Waals surface area (Å²) in [6.45, 7) is 0.762. The van der Waals surface area contributed by atoms with E-state index >= 15 is 0 Å². The van der Waals surface area contributed by atoms with Crippen molar-refractivity contribution in [2.24, 2.45) is 0 Å². The first-order valence-corrected chi connectivity index (χ1v) is 10.6. The quantitative estimate of drug-likeness (QED) is 0.371. The number of para-hydroxylation sites is 2. The minimum absolute atomic E-state index is 0.0682. The van der Waals surface area contributed by atoms with Crippen LogP contribution in [0.5, 0.6) is 0 Å². The number of carbonyl (C=O) groups is 2. The fourth-order valence-electron chi connectivity index (χ4n) is 4.36. The Morgan fingerprint density at radius 1 is 0.812 bits per heavy atom. The minimum atomic E-state index is -0.519. The lowest BCUT2D eigenvalue weighted by molar-refractivity contribution is -0.152. The topological polar surface area (TPSA) is 68.6 Å². The molecule has 0 unspecified atom stereocenters. The summed E-state index contributed by atoms with van der Waals surface area (Å²) in [5.41, 5.74) is 3.63. The Balaban J connectivity index is 1.33. The second-order valence-electron chi connectivity index (χ2n) is 7.94. The molecule has 0 fully saturated rings. The van der Waals surface area contributed by atoms with Gasteiger partial charge < -0.3 is 14.2 Å². The summed E-state index contributed by atoms with van der Waals surface area (Å²) in [6, 6.07) is 22.5. The van der Waals surface area contributed by atoms with Crippen LogP contribution in [-0.4, -0.2) is 34.5 Å². The van der Waals surface area contributed by atoms with Gasteiger partial charge in [0.1, 0.15) is 6.54 Å². The average molecular weight is 426 g/mol. The number of hydrogen-bond acceptors (Lipinski definition) is 4. The van der Waals surface area contributed by atoms with E-state index in [0.717, 1.165) is 12.0 Å². The van der Waals surface area contributed by atoms with Gasteiger partial charge in [0.25, 0.3) is 5.91 Å². The van der Waals surface area contributed by atoms with E-state index in [1.807, 2.05) is 42.5 Å². The lowest BCUT2D eigenvalue weighted by Gasteiger charge is -2.28. The third-order valence-corrected chi connectivity index (χ3v) is 6.01. The van der Waals surface area contributed by atoms with Crippen LogP contribution in [0.1, 0.15) is 11.1 Å². The molecule has 1 aromatic heterocycles. The normalized spacial score (nSPS) is 13.2. The van der Waals surface area contributed by atoms with E-state index in [-0.39, 0.29) is 24.5 Å². The molecule has 0 radical (unpaired) electrons. The second kappa shape index (κ2) is 8.30. The number of benzene rings is 3. The Morgan fingerprint density at radius 3 is 2.09 bits per heavy atom. The smallest absolute Gasteiger partial charge is 0.326 e. The molecule has 2 heterocycles. The van der Waals surface area contributed by atoms with Crippen molar-refractivity contribution < 1.29 is 14.3 Å². The highest BCUT2D eigenvalue weighted by atomic mass is 16.5. The van der Waals surface area contributed by atoms with Crippen molar-refractivity contribution >= 4 is 33.7 Å². The molecule has 1 amide bonds. The van der Waals surface area contributed by atoms with E-state index in [1.54, 1.807) is 33.7 Å². The number of aromatic nitrogens is 1. The molecule has 1 aliphatic heterocycles. The van der Waals surface area contributed by atoms with Crippen LogP contribution in [0, 0.1) is 0 Å². The summed E-state index contributed by atoms with van der Waals surface area (Å²) in [5, 5.41) is 1.09. The van der Waals surface area contributed by atoms with Gasteiger partial charge in [0, 0.05) is 23.9 Å². The molecule has 0 saturated heterocycles. The Bertz CT molecular complexity index is 1350. The number of nitrogens with zero attached hydrogens (tertiary/aromatic N) is 2. The highest BCUT2D eigenvalue weighted by Gasteiger charge is 2.22. The predicted octanol–water partition coefficient (Wildman–Crippen LogP) is 3.28. The van der Waals surface area contributed by atoms with Crippen molar-refractivity contribution in [3.63, 3.8) is 0 Å². The summed E-state index contributed by atoms with van der Waals surface area (Å²) in [6.07, 6.45) is 0.797. The van der Waals surface area contributed by atoms with Gasteiger partial charge in [-0.15, -0.1) is 0 Å². The number of pyridine rings is 1. The van der Waals surface area contributed by atoms with Crippen LogP contribution in [0.2, 0.25) is 0 Å². The highest BCUT2D eigenvalue weighted by molar-refractivity contribution is 5.94. The van der Waals surface area contributed by atoms with E-state index in [1.165, 1.54) is 5.56 Å². The standard InChI is InChI=1S/C26H22N2O4/c29-24(27-14-13-18-7-1-2-8-19(18)15-27)17-32-25(30)16-28-22-11-5-3-9-20(22)26(31)21-10-4-6-12-23(21)28/h1-12H,13-17H2. The molecule has 32 heavy (non-hydrogen) atoms. The van der Waals surface area contributed by atoms with Crippen LogP contribution >= 0.6 is 0 Å². The van der Waals surface area contributed by atoms with Crippen molar-refractivity contribution in [3.8, 4) is 0 Å². The number of esters is 1. The lowest BCUT2D eigenvalue weighted by atomic mass is 10.00. The SMILES string of the molecule is O=C(Cn1c2ccccc2c(=O)c2ccccc21)OCC(=O)N1CCc2ccccc2C1. The zero-order chi connectivity index (χ0) is 22.1. The van der Waals surface area contributed by atoms with Gasteiger partial charge in [-0.05, 0) is 41.8 Å². The highest BCUT2D eigenvalue weighted by Crippen LogP contribution is 2.20. The predicted molar refractivity (Wildman–Crippen MR) is 122 cm³/mol. The zero-order valence-electron chi connectivity index (χ0n) is 17.5. The van der Waals surface area contributed by atoms with Gasteiger partial charge in [0.15, 0.2) is 12.0 Å². The Labute approximate surface area is 184 Å². The maximum absolute atomic E-state index is 12.8. The van der Waals surface area contributed by atoms with E-state index in [9.17, 15) is 14.4 Å². The third kappa shape index (κ3) is 3.64. The lowest BCUT2D eigenvalue weighted by Crippen LogP contribution is -2.38. The van der Waals surface area contributed by atoms with Crippen LogP contribution in [-0.2, 0) is 33.8 Å². The Hall–Kier alpha value is -3.93. The van der Waals surface area contributed by atoms with Gasteiger partial charge in [-0.1, -0.05) is 48.5 Å². The molecule has 4 aromatic rings. The molecular formula is C26H22N2O4. The minimum Gasteiger partial charge on any atom is -0.454 e. The number of ether oxygens (including phenoxy) is 1. The second-order valence-corrected chi connectivity index (χ2v) is 7.94. The van der Waals surface area contributed by atoms with Gasteiger partial charge in [0.05, 0.1) is 11.0 Å². The van der Waals surface area contributed by atoms with Crippen molar-refractivity contribution in [2.45, 2.75) is 19.5 Å². The van der Waals surface area contributed by atoms with Gasteiger partial charge in [0.2, 0.25) is 0 Å². The molecule has 5 rings (SSSR count). The average Bonchev–Trinajstić information content (AvgIpc) is 2.84. The van der Waals surface area contributed by atoms with Gasteiger partial charge in [-0.3, -0.25) is 14.4 Å². The van der Waals surface area contributed by atoms with Crippen LogP contribution in [0.15, 0.2) is 77.6 Å². The van der Waals surface area contributed by atoms with E-state index < -0.39 is 5.97 Å². The van der Waals surface area contributed by atoms with Crippen LogP contribution < -0.4 is 5.43 Å². The number of carbonyl (C=O) groups excluding carboxylic acids is 2. The van der Waals surface area contributed by atoms with Crippen molar-refractivity contribution in [2.75, 3.05) is 13.2 Å². The molecule has 6 heteroatoms. The molecule has 1 aliphatic rings. The summed E-state index contributed by atoms with van der Waals surface area (Å²) >= 11 is 0. The fourth-order valence-corrected chi connectivity index (χ4v) is 4.36.